The molecular formula is C15H22N2OS. The van der Waals surface area contributed by atoms with E-state index in [1.54, 1.807) is 7.11 Å². The van der Waals surface area contributed by atoms with Crippen LogP contribution in [0.5, 0.6) is 5.75 Å². The monoisotopic (exact) mass is 278 g/mol. The first-order valence-electron chi connectivity index (χ1n) is 6.74. The molecule has 0 aliphatic carbocycles. The van der Waals surface area contributed by atoms with Gasteiger partial charge in [0.25, 0.3) is 0 Å². The van der Waals surface area contributed by atoms with Crippen molar-refractivity contribution in [3.8, 4) is 5.75 Å². The summed E-state index contributed by atoms with van der Waals surface area (Å²) in [5.74, 6) is 2.23. The minimum absolute atomic E-state index is 0.448. The lowest BCUT2D eigenvalue weighted by molar-refractivity contribution is 0.356. The molecule has 0 spiro atoms. The maximum Gasteiger partial charge on any atom is 0.120 e. The largest absolute Gasteiger partial charge is 0.497 e. The Balaban J connectivity index is 2.38. The van der Waals surface area contributed by atoms with Crippen molar-refractivity contribution in [1.82, 2.24) is 0 Å². The van der Waals surface area contributed by atoms with Gasteiger partial charge in [-0.1, -0.05) is 26.1 Å². The van der Waals surface area contributed by atoms with Gasteiger partial charge in [-0.15, -0.1) is 0 Å². The third-order valence-corrected chi connectivity index (χ3v) is 3.90. The highest BCUT2D eigenvalue weighted by Crippen LogP contribution is 2.31. The number of benzene rings is 1. The van der Waals surface area contributed by atoms with Crippen LogP contribution in [-0.4, -0.2) is 25.2 Å². The Hall–Kier alpha value is -1.29. The molecule has 1 aromatic carbocycles. The Kier molecular flexibility index (Phi) is 4.30. The molecule has 0 aromatic heterocycles. The SMILES string of the molecule is COc1ccc(C(N)=S)c(N2CC(C)CC(C)C2)c1. The Morgan fingerprint density at radius 1 is 1.32 bits per heavy atom. The van der Waals surface area contributed by atoms with Gasteiger partial charge in [0, 0.05) is 24.7 Å². The molecule has 0 bridgehead atoms. The van der Waals surface area contributed by atoms with Crippen LogP contribution in [0.15, 0.2) is 18.2 Å². The Morgan fingerprint density at radius 2 is 1.95 bits per heavy atom. The maximum atomic E-state index is 5.85. The summed E-state index contributed by atoms with van der Waals surface area (Å²) in [6.45, 7) is 6.69. The van der Waals surface area contributed by atoms with Gasteiger partial charge >= 0.3 is 0 Å². The quantitative estimate of drug-likeness (QED) is 0.863. The van der Waals surface area contributed by atoms with Crippen LogP contribution >= 0.6 is 12.2 Å². The molecule has 1 aliphatic rings. The van der Waals surface area contributed by atoms with Crippen molar-refractivity contribution in [3.05, 3.63) is 23.8 Å². The van der Waals surface area contributed by atoms with E-state index in [2.05, 4.69) is 18.7 Å². The van der Waals surface area contributed by atoms with Crippen LogP contribution in [0.2, 0.25) is 0 Å². The van der Waals surface area contributed by atoms with Crippen LogP contribution in [0.25, 0.3) is 0 Å². The van der Waals surface area contributed by atoms with E-state index in [4.69, 9.17) is 22.7 Å². The second kappa shape index (κ2) is 5.78. The van der Waals surface area contributed by atoms with E-state index in [1.807, 2.05) is 18.2 Å². The fourth-order valence-corrected chi connectivity index (χ4v) is 3.14. The number of thiocarbonyl (C=S) groups is 1. The molecule has 2 unspecified atom stereocenters. The first-order chi connectivity index (χ1) is 9.01. The van der Waals surface area contributed by atoms with E-state index in [0.717, 1.165) is 30.1 Å². The van der Waals surface area contributed by atoms with Crippen molar-refractivity contribution in [2.24, 2.45) is 17.6 Å². The number of nitrogens with two attached hydrogens (primary N) is 1. The third kappa shape index (κ3) is 3.18. The first-order valence-corrected chi connectivity index (χ1v) is 7.15. The zero-order valence-corrected chi connectivity index (χ0v) is 12.7. The van der Waals surface area contributed by atoms with Gasteiger partial charge in [0.15, 0.2) is 0 Å². The third-order valence-electron chi connectivity index (χ3n) is 3.68. The molecule has 19 heavy (non-hydrogen) atoms. The summed E-state index contributed by atoms with van der Waals surface area (Å²) in [5, 5.41) is 0. The number of ether oxygens (including phenoxy) is 1. The molecule has 0 saturated carbocycles. The lowest BCUT2D eigenvalue weighted by atomic mass is 9.91. The van der Waals surface area contributed by atoms with Gasteiger partial charge in [-0.05, 0) is 30.4 Å². The molecule has 1 aromatic rings. The minimum Gasteiger partial charge on any atom is -0.497 e. The van der Waals surface area contributed by atoms with Gasteiger partial charge < -0.3 is 15.4 Å². The molecule has 0 amide bonds. The number of nitrogens with zero attached hydrogens (tertiary/aromatic N) is 1. The first kappa shape index (κ1) is 14.1. The molecule has 1 saturated heterocycles. The molecule has 2 N–H and O–H groups in total. The molecule has 2 atom stereocenters. The van der Waals surface area contributed by atoms with Gasteiger partial charge in [-0.25, -0.2) is 0 Å². The number of rotatable bonds is 3. The average molecular weight is 278 g/mol. The smallest absolute Gasteiger partial charge is 0.120 e. The number of hydrogen-bond acceptors (Lipinski definition) is 3. The maximum absolute atomic E-state index is 5.85. The van der Waals surface area contributed by atoms with Gasteiger partial charge in [0.1, 0.15) is 10.7 Å². The zero-order valence-electron chi connectivity index (χ0n) is 11.8. The molecule has 0 radical (unpaired) electrons. The van der Waals surface area contributed by atoms with Crippen LogP contribution < -0.4 is 15.4 Å². The van der Waals surface area contributed by atoms with Crippen molar-refractivity contribution in [3.63, 3.8) is 0 Å². The lowest BCUT2D eigenvalue weighted by Gasteiger charge is -2.37. The molecule has 3 nitrogen and oxygen atoms in total. The fraction of sp³-hybridized carbons (Fsp3) is 0.533. The minimum atomic E-state index is 0.448. The molecule has 1 fully saturated rings. The molecule has 1 aliphatic heterocycles. The van der Waals surface area contributed by atoms with E-state index in [9.17, 15) is 0 Å². The summed E-state index contributed by atoms with van der Waals surface area (Å²) in [4.78, 5) is 2.83. The highest BCUT2D eigenvalue weighted by atomic mass is 32.1. The topological polar surface area (TPSA) is 38.5 Å². The summed E-state index contributed by atoms with van der Waals surface area (Å²) in [6.07, 6.45) is 1.28. The summed E-state index contributed by atoms with van der Waals surface area (Å²) >= 11 is 5.17. The van der Waals surface area contributed by atoms with Gasteiger partial charge in [0.2, 0.25) is 0 Å². The Labute approximate surface area is 120 Å². The highest BCUT2D eigenvalue weighted by molar-refractivity contribution is 7.80. The van der Waals surface area contributed by atoms with Crippen LogP contribution in [0, 0.1) is 11.8 Å². The number of methoxy groups -OCH3 is 1. The highest BCUT2D eigenvalue weighted by Gasteiger charge is 2.24. The van der Waals surface area contributed by atoms with Crippen molar-refractivity contribution >= 4 is 22.9 Å². The number of piperidine rings is 1. The zero-order chi connectivity index (χ0) is 14.0. The van der Waals surface area contributed by atoms with Crippen molar-refractivity contribution in [2.75, 3.05) is 25.1 Å². The second-order valence-corrected chi connectivity index (χ2v) is 6.04. The number of hydrogen-bond donors (Lipinski definition) is 1. The standard InChI is InChI=1S/C15H22N2OS/c1-10-6-11(2)9-17(8-10)14-7-12(18-3)4-5-13(14)15(16)19/h4-5,7,10-11H,6,8-9H2,1-3H3,(H2,16,19). The molecule has 104 valence electrons. The normalized spacial score (nSPS) is 23.2. The summed E-state index contributed by atoms with van der Waals surface area (Å²) in [5.41, 5.74) is 7.89. The summed E-state index contributed by atoms with van der Waals surface area (Å²) in [7, 11) is 1.68. The van der Waals surface area contributed by atoms with E-state index < -0.39 is 0 Å². The fourth-order valence-electron chi connectivity index (χ4n) is 2.97. The van der Waals surface area contributed by atoms with Crippen LogP contribution in [0.4, 0.5) is 5.69 Å². The van der Waals surface area contributed by atoms with Crippen LogP contribution in [0.1, 0.15) is 25.8 Å². The Morgan fingerprint density at radius 3 is 2.47 bits per heavy atom. The predicted octanol–water partition coefficient (Wildman–Crippen LogP) is 2.81. The van der Waals surface area contributed by atoms with E-state index in [1.165, 1.54) is 6.42 Å². The summed E-state index contributed by atoms with van der Waals surface area (Å²) in [6, 6.07) is 5.91. The van der Waals surface area contributed by atoms with Crippen LogP contribution in [0.3, 0.4) is 0 Å². The van der Waals surface area contributed by atoms with Crippen molar-refractivity contribution in [1.29, 1.82) is 0 Å². The molecular weight excluding hydrogens is 256 g/mol. The van der Waals surface area contributed by atoms with E-state index in [0.29, 0.717) is 16.8 Å². The lowest BCUT2D eigenvalue weighted by Crippen LogP contribution is -2.39. The van der Waals surface area contributed by atoms with Crippen molar-refractivity contribution in [2.45, 2.75) is 20.3 Å². The van der Waals surface area contributed by atoms with Crippen molar-refractivity contribution < 1.29 is 4.74 Å². The molecule has 2 rings (SSSR count). The average Bonchev–Trinajstić information content (AvgIpc) is 2.36. The summed E-state index contributed by atoms with van der Waals surface area (Å²) < 4.78 is 5.32. The molecule has 1 heterocycles. The predicted molar refractivity (Wildman–Crippen MR) is 84.0 cm³/mol. The number of anilines is 1. The Bertz CT molecular complexity index is 465. The van der Waals surface area contributed by atoms with Crippen LogP contribution in [-0.2, 0) is 0 Å². The van der Waals surface area contributed by atoms with E-state index >= 15 is 0 Å². The van der Waals surface area contributed by atoms with Gasteiger partial charge in [-0.3, -0.25) is 0 Å². The molecule has 4 heteroatoms. The second-order valence-electron chi connectivity index (χ2n) is 5.60. The van der Waals surface area contributed by atoms with Gasteiger partial charge in [-0.2, -0.15) is 0 Å². The van der Waals surface area contributed by atoms with E-state index in [-0.39, 0.29) is 0 Å². The van der Waals surface area contributed by atoms with Gasteiger partial charge in [0.05, 0.1) is 12.8 Å².